The summed E-state index contributed by atoms with van der Waals surface area (Å²) >= 11 is 0. The summed E-state index contributed by atoms with van der Waals surface area (Å²) in [6.45, 7) is 1.81. The van der Waals surface area contributed by atoms with Crippen molar-refractivity contribution in [3.8, 4) is 11.5 Å². The molecule has 5 heteroatoms. The first-order valence-corrected chi connectivity index (χ1v) is 5.13. The Hall–Kier alpha value is -2.04. The number of ether oxygens (including phenoxy) is 2. The Morgan fingerprint density at radius 1 is 1.47 bits per heavy atom. The molecule has 1 atom stereocenters. The number of nitrogens with two attached hydrogens (primary N) is 1. The second-order valence-electron chi connectivity index (χ2n) is 3.64. The highest BCUT2D eigenvalue weighted by atomic mass is 16.5. The minimum absolute atomic E-state index is 0.147. The van der Waals surface area contributed by atoms with Crippen molar-refractivity contribution >= 4 is 12.2 Å². The molecule has 0 spiro atoms. The van der Waals surface area contributed by atoms with Crippen LogP contribution in [0.4, 0.5) is 0 Å². The van der Waals surface area contributed by atoms with Crippen molar-refractivity contribution in [2.75, 3.05) is 13.7 Å². The average Bonchev–Trinajstić information content (AvgIpc) is 2.35. The van der Waals surface area contributed by atoms with Crippen molar-refractivity contribution in [2.24, 2.45) is 11.7 Å². The number of hydrogen-bond acceptors (Lipinski definition) is 4. The third kappa shape index (κ3) is 3.48. The van der Waals surface area contributed by atoms with Gasteiger partial charge in [0.25, 0.3) is 0 Å². The highest BCUT2D eigenvalue weighted by molar-refractivity contribution is 5.77. The minimum atomic E-state index is -0.435. The van der Waals surface area contributed by atoms with Gasteiger partial charge in [-0.3, -0.25) is 9.59 Å². The van der Waals surface area contributed by atoms with Crippen molar-refractivity contribution in [1.29, 1.82) is 0 Å². The molecule has 0 bridgehead atoms. The van der Waals surface area contributed by atoms with Crippen molar-refractivity contribution in [3.05, 3.63) is 23.8 Å². The van der Waals surface area contributed by atoms with Crippen LogP contribution >= 0.6 is 0 Å². The first-order valence-electron chi connectivity index (χ1n) is 5.13. The molecule has 1 aromatic rings. The summed E-state index contributed by atoms with van der Waals surface area (Å²) in [6.07, 6.45) is 0.712. The monoisotopic (exact) mass is 237 g/mol. The average molecular weight is 237 g/mol. The highest BCUT2D eigenvalue weighted by Crippen LogP contribution is 2.27. The van der Waals surface area contributed by atoms with Crippen LogP contribution in [-0.4, -0.2) is 25.9 Å². The predicted molar refractivity (Wildman–Crippen MR) is 62.2 cm³/mol. The largest absolute Gasteiger partial charge is 0.493 e. The van der Waals surface area contributed by atoms with Gasteiger partial charge in [-0.1, -0.05) is 6.92 Å². The maximum absolute atomic E-state index is 10.9. The number of carbonyl (C=O) groups excluding carboxylic acids is 2. The molecule has 2 N–H and O–H groups in total. The van der Waals surface area contributed by atoms with E-state index in [-0.39, 0.29) is 6.61 Å². The normalized spacial score (nSPS) is 11.6. The van der Waals surface area contributed by atoms with E-state index >= 15 is 0 Å². The van der Waals surface area contributed by atoms with Gasteiger partial charge in [-0.15, -0.1) is 0 Å². The summed E-state index contributed by atoms with van der Waals surface area (Å²) in [6, 6.07) is 4.81. The number of hydrogen-bond donors (Lipinski definition) is 1. The van der Waals surface area contributed by atoms with Crippen molar-refractivity contribution < 1.29 is 19.1 Å². The lowest BCUT2D eigenvalue weighted by atomic mass is 10.2. The number of methoxy groups -OCH3 is 1. The third-order valence-corrected chi connectivity index (χ3v) is 2.30. The maximum Gasteiger partial charge on any atom is 0.223 e. The Bertz CT molecular complexity index is 417. The van der Waals surface area contributed by atoms with Crippen LogP contribution in [0.25, 0.3) is 0 Å². The zero-order valence-corrected chi connectivity index (χ0v) is 9.80. The standard InChI is InChI=1S/C12H15NO4/c1-8(12(13)15)7-17-11-5-9(6-14)3-4-10(11)16-2/h3-6,8H,7H2,1-2H3,(H2,13,15). The molecular weight excluding hydrogens is 222 g/mol. The lowest BCUT2D eigenvalue weighted by Gasteiger charge is -2.13. The molecule has 0 aliphatic rings. The highest BCUT2D eigenvalue weighted by Gasteiger charge is 2.12. The van der Waals surface area contributed by atoms with E-state index in [4.69, 9.17) is 15.2 Å². The summed E-state index contributed by atoms with van der Waals surface area (Å²) in [5.74, 6) is 0.0903. The number of benzene rings is 1. The van der Waals surface area contributed by atoms with Crippen LogP contribution in [0.3, 0.4) is 0 Å². The van der Waals surface area contributed by atoms with Crippen molar-refractivity contribution in [1.82, 2.24) is 0 Å². The van der Waals surface area contributed by atoms with E-state index in [2.05, 4.69) is 0 Å². The summed E-state index contributed by atoms with van der Waals surface area (Å²) in [5.41, 5.74) is 5.60. The Morgan fingerprint density at radius 3 is 2.71 bits per heavy atom. The number of amides is 1. The maximum atomic E-state index is 10.9. The number of carbonyl (C=O) groups is 2. The van der Waals surface area contributed by atoms with E-state index in [1.807, 2.05) is 0 Å². The molecule has 0 fully saturated rings. The molecule has 0 saturated carbocycles. The molecule has 0 aromatic heterocycles. The van der Waals surface area contributed by atoms with Crippen LogP contribution < -0.4 is 15.2 Å². The number of primary amides is 1. The van der Waals surface area contributed by atoms with Gasteiger partial charge >= 0.3 is 0 Å². The summed E-state index contributed by atoms with van der Waals surface area (Å²) in [5, 5.41) is 0. The molecular formula is C12H15NO4. The van der Waals surface area contributed by atoms with Crippen LogP contribution in [0.5, 0.6) is 11.5 Å². The van der Waals surface area contributed by atoms with Gasteiger partial charge in [0.05, 0.1) is 19.6 Å². The van der Waals surface area contributed by atoms with E-state index in [1.54, 1.807) is 25.1 Å². The molecule has 1 amide bonds. The summed E-state index contributed by atoms with van der Waals surface area (Å²) in [7, 11) is 1.50. The minimum Gasteiger partial charge on any atom is -0.493 e. The van der Waals surface area contributed by atoms with Gasteiger partial charge in [0, 0.05) is 5.56 Å². The van der Waals surface area contributed by atoms with Gasteiger partial charge in [-0.05, 0) is 18.2 Å². The molecule has 1 aromatic carbocycles. The Labute approximate surface area is 99.5 Å². The van der Waals surface area contributed by atoms with Gasteiger partial charge in [-0.2, -0.15) is 0 Å². The van der Waals surface area contributed by atoms with E-state index in [9.17, 15) is 9.59 Å². The van der Waals surface area contributed by atoms with Gasteiger partial charge in [0.1, 0.15) is 6.29 Å². The van der Waals surface area contributed by atoms with Crippen LogP contribution in [0, 0.1) is 5.92 Å². The fraction of sp³-hybridized carbons (Fsp3) is 0.333. The Balaban J connectivity index is 2.80. The van der Waals surface area contributed by atoms with Gasteiger partial charge in [0.2, 0.25) is 5.91 Å². The Kier molecular flexibility index (Phi) is 4.51. The van der Waals surface area contributed by atoms with Gasteiger partial charge in [-0.25, -0.2) is 0 Å². The first kappa shape index (κ1) is 13.0. The van der Waals surface area contributed by atoms with Crippen LogP contribution in [0.15, 0.2) is 18.2 Å². The Morgan fingerprint density at radius 2 is 2.18 bits per heavy atom. The number of rotatable bonds is 6. The first-order chi connectivity index (χ1) is 8.08. The lowest BCUT2D eigenvalue weighted by molar-refractivity contribution is -0.122. The van der Waals surface area contributed by atoms with E-state index in [0.717, 1.165) is 0 Å². The van der Waals surface area contributed by atoms with Crippen molar-refractivity contribution in [3.63, 3.8) is 0 Å². The molecule has 0 aliphatic carbocycles. The SMILES string of the molecule is COc1ccc(C=O)cc1OCC(C)C(N)=O. The zero-order chi connectivity index (χ0) is 12.8. The molecule has 92 valence electrons. The second kappa shape index (κ2) is 5.89. The van der Waals surface area contributed by atoms with E-state index in [0.29, 0.717) is 23.3 Å². The van der Waals surface area contributed by atoms with Gasteiger partial charge < -0.3 is 15.2 Å². The summed E-state index contributed by atoms with van der Waals surface area (Å²) in [4.78, 5) is 21.5. The molecule has 5 nitrogen and oxygen atoms in total. The molecule has 17 heavy (non-hydrogen) atoms. The smallest absolute Gasteiger partial charge is 0.223 e. The molecule has 1 rings (SSSR count). The van der Waals surface area contributed by atoms with E-state index < -0.39 is 11.8 Å². The molecule has 0 radical (unpaired) electrons. The van der Waals surface area contributed by atoms with E-state index in [1.165, 1.54) is 7.11 Å². The van der Waals surface area contributed by atoms with Crippen molar-refractivity contribution in [2.45, 2.75) is 6.92 Å². The number of aldehydes is 1. The second-order valence-corrected chi connectivity index (χ2v) is 3.64. The lowest BCUT2D eigenvalue weighted by Crippen LogP contribution is -2.25. The fourth-order valence-corrected chi connectivity index (χ4v) is 1.18. The molecule has 0 aliphatic heterocycles. The molecule has 0 saturated heterocycles. The molecule has 1 unspecified atom stereocenters. The van der Waals surface area contributed by atoms with Crippen LogP contribution in [-0.2, 0) is 4.79 Å². The van der Waals surface area contributed by atoms with Gasteiger partial charge in [0.15, 0.2) is 11.5 Å². The van der Waals surface area contributed by atoms with Crippen LogP contribution in [0.1, 0.15) is 17.3 Å². The molecule has 0 heterocycles. The third-order valence-electron chi connectivity index (χ3n) is 2.30. The van der Waals surface area contributed by atoms with Crippen LogP contribution in [0.2, 0.25) is 0 Å². The topological polar surface area (TPSA) is 78.6 Å². The summed E-state index contributed by atoms with van der Waals surface area (Å²) < 4.78 is 10.5. The predicted octanol–water partition coefficient (Wildman–Crippen LogP) is 1.01. The quantitative estimate of drug-likeness (QED) is 0.749. The zero-order valence-electron chi connectivity index (χ0n) is 9.80. The fourth-order valence-electron chi connectivity index (χ4n) is 1.18.